The molecule has 1 heterocycles. The van der Waals surface area contributed by atoms with E-state index in [-0.39, 0.29) is 89.2 Å². The standard InChI is InChI=1S/C55H83BrN10O13/c1-30(2)23-44-55(79)65-43(16-21-60)54(78)64-42(15-20-59)47(71)28-38(31(3)67)52(76)61-22-17-35(50(74)62-40(13-18-57)46(70)27-36(51(75)66-44)24-33-9-6-5-7-10-33)26-45(69)41(14-19-58)63-53(77)39(32(4)68)29-48(72)49(73)34-11-8-12-37(56)25-34/h5-12,25,30-32,35-36,38-44,49,67-68,73H,13-24,26-29,57-60H2,1-4H3,(H,61,76)(H,62,74)(H,63,77)(H,64,78)(H,65,79)(H,66,75)/t31?,32?,35-,36+,38+,39+,40+,41+,42+,43+,44+,49?/m1/s1. The number of carbonyl (C=O) groups excluding carboxylic acids is 10. The van der Waals surface area contributed by atoms with Gasteiger partial charge in [0.25, 0.3) is 0 Å². The maximum Gasteiger partial charge on any atom is 0.243 e. The number of nitrogens with two attached hydrogens (primary N) is 4. The first kappa shape index (κ1) is 67.4. The molecule has 12 atom stereocenters. The second-order valence-electron chi connectivity index (χ2n) is 20.7. The zero-order chi connectivity index (χ0) is 58.9. The number of hydrogen-bond acceptors (Lipinski definition) is 17. The minimum absolute atomic E-state index is 0.0146. The van der Waals surface area contributed by atoms with Gasteiger partial charge in [0, 0.05) is 48.5 Å². The SMILES string of the molecule is CC(C)C[C@@H]1NC(=O)[C@@H](Cc2ccccc2)CC(=O)[C@H](CCN)NC(=O)[C@@H](CC(=O)[C@H](CCN)NC(=O)[C@@H](CC(=O)C(O)c2cccc(Br)c2)C(C)O)CCNC(=O)[C@H](C(C)O)CC(=O)[C@H](CCN)NC(=O)[C@H](CCN)NC1=O. The molecule has 0 spiro atoms. The lowest BCUT2D eigenvalue weighted by Crippen LogP contribution is -2.57. The van der Waals surface area contributed by atoms with Crippen molar-refractivity contribution in [3.8, 4) is 0 Å². The Balaban J connectivity index is 2.11. The first-order chi connectivity index (χ1) is 37.4. The van der Waals surface area contributed by atoms with E-state index in [9.17, 15) is 63.3 Å². The summed E-state index contributed by atoms with van der Waals surface area (Å²) in [5, 5.41) is 48.3. The van der Waals surface area contributed by atoms with Crippen molar-refractivity contribution in [2.24, 2.45) is 52.5 Å². The van der Waals surface area contributed by atoms with Crippen molar-refractivity contribution < 1.29 is 63.3 Å². The summed E-state index contributed by atoms with van der Waals surface area (Å²) in [6.07, 6.45) is -7.47. The number of carbonyl (C=O) groups is 10. The summed E-state index contributed by atoms with van der Waals surface area (Å²) >= 11 is 3.29. The van der Waals surface area contributed by atoms with Gasteiger partial charge in [-0.2, -0.15) is 0 Å². The molecule has 0 aromatic heterocycles. The van der Waals surface area contributed by atoms with Crippen molar-refractivity contribution in [1.29, 1.82) is 0 Å². The van der Waals surface area contributed by atoms with Crippen LogP contribution in [-0.4, -0.2) is 149 Å². The number of aliphatic hydroxyl groups excluding tert-OH is 3. The number of aliphatic hydroxyl groups is 3. The van der Waals surface area contributed by atoms with Crippen LogP contribution in [0.25, 0.3) is 0 Å². The summed E-state index contributed by atoms with van der Waals surface area (Å²) in [4.78, 5) is 141. The Bertz CT molecular complexity index is 2380. The molecule has 6 amide bonds. The number of ketones is 4. The Morgan fingerprint density at radius 1 is 0.658 bits per heavy atom. The van der Waals surface area contributed by atoms with Gasteiger partial charge in [-0.25, -0.2) is 0 Å². The van der Waals surface area contributed by atoms with Crippen LogP contribution in [0.1, 0.15) is 109 Å². The molecule has 1 fully saturated rings. The highest BCUT2D eigenvalue weighted by Gasteiger charge is 2.38. The minimum Gasteiger partial charge on any atom is -0.393 e. The normalized spacial score (nSPS) is 23.7. The van der Waals surface area contributed by atoms with E-state index in [2.05, 4.69) is 47.8 Å². The van der Waals surface area contributed by atoms with Gasteiger partial charge in [-0.15, -0.1) is 0 Å². The third kappa shape index (κ3) is 22.3. The molecule has 438 valence electrons. The van der Waals surface area contributed by atoms with E-state index in [1.807, 2.05) is 13.8 Å². The molecule has 0 bridgehead atoms. The van der Waals surface area contributed by atoms with Crippen LogP contribution in [0.5, 0.6) is 0 Å². The number of benzene rings is 2. The lowest BCUT2D eigenvalue weighted by Gasteiger charge is -2.28. The largest absolute Gasteiger partial charge is 0.393 e. The van der Waals surface area contributed by atoms with Crippen LogP contribution >= 0.6 is 15.9 Å². The quantitative estimate of drug-likeness (QED) is 0.0646. The van der Waals surface area contributed by atoms with Crippen molar-refractivity contribution in [2.45, 2.75) is 147 Å². The van der Waals surface area contributed by atoms with Crippen molar-refractivity contribution in [3.05, 3.63) is 70.2 Å². The maximum atomic E-state index is 14.6. The maximum absolute atomic E-state index is 14.6. The monoisotopic (exact) mass is 1170 g/mol. The van der Waals surface area contributed by atoms with E-state index in [0.717, 1.165) is 0 Å². The topological polar surface area (TPSA) is 408 Å². The van der Waals surface area contributed by atoms with Gasteiger partial charge in [-0.05, 0) is 114 Å². The second kappa shape index (κ2) is 34.3. The Labute approximate surface area is 470 Å². The van der Waals surface area contributed by atoms with E-state index in [4.69, 9.17) is 22.9 Å². The summed E-state index contributed by atoms with van der Waals surface area (Å²) in [7, 11) is 0. The Morgan fingerprint density at radius 3 is 1.78 bits per heavy atom. The third-order valence-electron chi connectivity index (χ3n) is 13.8. The first-order valence-electron chi connectivity index (χ1n) is 27.0. The van der Waals surface area contributed by atoms with Crippen molar-refractivity contribution in [2.75, 3.05) is 32.7 Å². The summed E-state index contributed by atoms with van der Waals surface area (Å²) in [5.74, 6) is -13.2. The van der Waals surface area contributed by atoms with Gasteiger partial charge in [-0.1, -0.05) is 72.2 Å². The van der Waals surface area contributed by atoms with Crippen LogP contribution in [0.15, 0.2) is 59.1 Å². The highest BCUT2D eigenvalue weighted by Crippen LogP contribution is 2.24. The fourth-order valence-electron chi connectivity index (χ4n) is 9.25. The lowest BCUT2D eigenvalue weighted by atomic mass is 9.89. The average molecular weight is 1170 g/mol. The molecule has 0 radical (unpaired) electrons. The summed E-state index contributed by atoms with van der Waals surface area (Å²) in [6, 6.07) is 8.56. The summed E-state index contributed by atoms with van der Waals surface area (Å²) in [5.41, 5.74) is 24.5. The van der Waals surface area contributed by atoms with Crippen molar-refractivity contribution >= 4 is 74.5 Å². The molecule has 24 heteroatoms. The van der Waals surface area contributed by atoms with Gasteiger partial charge >= 0.3 is 0 Å². The molecule has 17 N–H and O–H groups in total. The van der Waals surface area contributed by atoms with Crippen LogP contribution < -0.4 is 54.8 Å². The van der Waals surface area contributed by atoms with E-state index >= 15 is 0 Å². The molecule has 1 aliphatic heterocycles. The van der Waals surface area contributed by atoms with E-state index in [1.54, 1.807) is 42.5 Å². The molecule has 23 nitrogen and oxygen atoms in total. The lowest BCUT2D eigenvalue weighted by molar-refractivity contribution is -0.138. The molecule has 2 aromatic carbocycles. The Morgan fingerprint density at radius 2 is 1.22 bits per heavy atom. The van der Waals surface area contributed by atoms with Gasteiger partial charge in [0.05, 0.1) is 42.2 Å². The van der Waals surface area contributed by atoms with E-state index < -0.39 is 156 Å². The second-order valence-corrected chi connectivity index (χ2v) is 21.7. The molecule has 3 rings (SSSR count). The molecule has 1 saturated heterocycles. The van der Waals surface area contributed by atoms with Gasteiger partial charge < -0.3 is 70.2 Å². The number of nitrogens with one attached hydrogen (secondary N) is 6. The average Bonchev–Trinajstić information content (AvgIpc) is 3.40. The van der Waals surface area contributed by atoms with Crippen LogP contribution in [0.2, 0.25) is 0 Å². The minimum atomic E-state index is -1.65. The first-order valence-corrected chi connectivity index (χ1v) is 27.8. The smallest absolute Gasteiger partial charge is 0.243 e. The van der Waals surface area contributed by atoms with Gasteiger partial charge in [-0.3, -0.25) is 47.9 Å². The van der Waals surface area contributed by atoms with Crippen LogP contribution in [0.4, 0.5) is 0 Å². The zero-order valence-electron chi connectivity index (χ0n) is 45.6. The molecule has 1 aliphatic rings. The predicted molar refractivity (Wildman–Crippen MR) is 296 cm³/mol. The van der Waals surface area contributed by atoms with Gasteiger partial charge in [0.2, 0.25) is 35.4 Å². The van der Waals surface area contributed by atoms with Crippen LogP contribution in [-0.2, 0) is 54.4 Å². The number of Topliss-reactive ketones (excluding diaryl/α,β-unsaturated/α-hetero) is 4. The number of hydrogen-bond donors (Lipinski definition) is 13. The Hall–Kier alpha value is -5.86. The fraction of sp³-hybridized carbons (Fsp3) is 0.600. The summed E-state index contributed by atoms with van der Waals surface area (Å²) in [6.45, 7) is 5.40. The Kier molecular flexibility index (Phi) is 29.3. The molecule has 0 saturated carbocycles. The molecule has 79 heavy (non-hydrogen) atoms. The van der Waals surface area contributed by atoms with Crippen molar-refractivity contribution in [3.63, 3.8) is 0 Å². The van der Waals surface area contributed by atoms with Crippen molar-refractivity contribution in [1.82, 2.24) is 31.9 Å². The zero-order valence-corrected chi connectivity index (χ0v) is 47.2. The number of rotatable bonds is 23. The predicted octanol–water partition coefficient (Wildman–Crippen LogP) is -0.826. The molecule has 0 aliphatic carbocycles. The van der Waals surface area contributed by atoms with Gasteiger partial charge in [0.15, 0.2) is 23.1 Å². The molecular formula is C55H83BrN10O13. The van der Waals surface area contributed by atoms with Gasteiger partial charge in [0.1, 0.15) is 18.2 Å². The van der Waals surface area contributed by atoms with Crippen LogP contribution in [0, 0.1) is 29.6 Å². The number of halogens is 1. The number of amides is 6. The van der Waals surface area contributed by atoms with Crippen LogP contribution in [0.3, 0.4) is 0 Å². The highest BCUT2D eigenvalue weighted by atomic mass is 79.9. The molecule has 2 aromatic rings. The third-order valence-corrected chi connectivity index (χ3v) is 14.3. The van der Waals surface area contributed by atoms with E-state index in [0.29, 0.717) is 10.0 Å². The summed E-state index contributed by atoms with van der Waals surface area (Å²) < 4.78 is 0.583. The molecular weight excluding hydrogens is 1090 g/mol. The molecule has 3 unspecified atom stereocenters. The highest BCUT2D eigenvalue weighted by molar-refractivity contribution is 9.10. The van der Waals surface area contributed by atoms with E-state index in [1.165, 1.54) is 26.0 Å². The fourth-order valence-corrected chi connectivity index (χ4v) is 9.67.